The molecular formula is C16H14OS. The molecule has 0 N–H and O–H groups in total. The maximum absolute atomic E-state index is 5.64. The molecule has 0 saturated heterocycles. The summed E-state index contributed by atoms with van der Waals surface area (Å²) in [6, 6.07) is 19.1. The second-order valence-corrected chi connectivity index (χ2v) is 5.22. The minimum Gasteiger partial charge on any atom is -0.371 e. The maximum Gasteiger partial charge on any atom is 0.116 e. The monoisotopic (exact) mass is 254 g/mol. The Hall–Kier alpha value is -1.64. The fraction of sp³-hybridized carbons (Fsp3) is 0.125. The van der Waals surface area contributed by atoms with E-state index in [4.69, 9.17) is 4.74 Å². The van der Waals surface area contributed by atoms with Gasteiger partial charge < -0.3 is 4.74 Å². The molecule has 0 aliphatic heterocycles. The van der Waals surface area contributed by atoms with Crippen LogP contribution in [0, 0.1) is 0 Å². The lowest BCUT2D eigenvalue weighted by molar-refractivity contribution is 0.139. The molecule has 0 saturated carbocycles. The lowest BCUT2D eigenvalue weighted by Crippen LogP contribution is -2.01. The van der Waals surface area contributed by atoms with E-state index < -0.39 is 0 Å². The molecule has 1 atom stereocenters. The van der Waals surface area contributed by atoms with E-state index in [-0.39, 0.29) is 6.10 Å². The van der Waals surface area contributed by atoms with E-state index in [2.05, 4.69) is 60.0 Å². The zero-order valence-corrected chi connectivity index (χ0v) is 11.0. The Labute approximate surface area is 111 Å². The van der Waals surface area contributed by atoms with Crippen LogP contribution in [0.1, 0.15) is 16.5 Å². The molecule has 2 aromatic carbocycles. The summed E-state index contributed by atoms with van der Waals surface area (Å²) in [5.74, 6) is 0. The third-order valence-corrected chi connectivity index (χ3v) is 4.03. The first-order valence-corrected chi connectivity index (χ1v) is 6.81. The Bertz CT molecular complexity index is 643. The normalized spacial score (nSPS) is 12.7. The van der Waals surface area contributed by atoms with Crippen molar-refractivity contribution in [3.8, 4) is 0 Å². The van der Waals surface area contributed by atoms with E-state index in [0.29, 0.717) is 0 Å². The number of hydrogen-bond acceptors (Lipinski definition) is 2. The molecule has 1 unspecified atom stereocenters. The second-order valence-electron chi connectivity index (χ2n) is 4.24. The third-order valence-electron chi connectivity index (χ3n) is 3.11. The summed E-state index contributed by atoms with van der Waals surface area (Å²) in [5, 5.41) is 4.61. The molecule has 0 bridgehead atoms. The molecule has 0 radical (unpaired) electrons. The Morgan fingerprint density at radius 2 is 1.78 bits per heavy atom. The van der Waals surface area contributed by atoms with Crippen LogP contribution in [-0.2, 0) is 4.74 Å². The third kappa shape index (κ3) is 2.05. The zero-order chi connectivity index (χ0) is 12.4. The van der Waals surface area contributed by atoms with Gasteiger partial charge in [-0.2, -0.15) is 0 Å². The van der Waals surface area contributed by atoms with Crippen molar-refractivity contribution in [3.63, 3.8) is 0 Å². The van der Waals surface area contributed by atoms with Gasteiger partial charge in [-0.05, 0) is 33.8 Å². The first-order chi connectivity index (χ1) is 8.88. The van der Waals surface area contributed by atoms with Crippen LogP contribution in [0.4, 0.5) is 0 Å². The minimum absolute atomic E-state index is 0.0367. The van der Waals surface area contributed by atoms with Crippen LogP contribution in [0.5, 0.6) is 0 Å². The minimum atomic E-state index is 0.0367. The summed E-state index contributed by atoms with van der Waals surface area (Å²) in [5.41, 5.74) is 1.21. The molecule has 0 aliphatic carbocycles. The van der Waals surface area contributed by atoms with Crippen molar-refractivity contribution in [2.45, 2.75) is 6.10 Å². The average molecular weight is 254 g/mol. The van der Waals surface area contributed by atoms with E-state index in [0.717, 1.165) is 0 Å². The van der Waals surface area contributed by atoms with Crippen molar-refractivity contribution in [2.75, 3.05) is 7.11 Å². The number of thiophene rings is 1. The Kier molecular flexibility index (Phi) is 3.13. The summed E-state index contributed by atoms with van der Waals surface area (Å²) >= 11 is 1.73. The largest absolute Gasteiger partial charge is 0.371 e. The Morgan fingerprint density at radius 1 is 0.944 bits per heavy atom. The first kappa shape index (κ1) is 11.5. The lowest BCUT2D eigenvalue weighted by Gasteiger charge is -2.14. The van der Waals surface area contributed by atoms with Crippen molar-refractivity contribution in [2.24, 2.45) is 0 Å². The van der Waals surface area contributed by atoms with Crippen LogP contribution in [0.25, 0.3) is 10.8 Å². The SMILES string of the molecule is COC(c1ccc2ccccc2c1)c1cccs1. The Balaban J connectivity index is 2.07. The maximum atomic E-state index is 5.64. The van der Waals surface area contributed by atoms with Crippen LogP contribution in [0.2, 0.25) is 0 Å². The summed E-state index contributed by atoms with van der Waals surface area (Å²) < 4.78 is 5.64. The van der Waals surface area contributed by atoms with Gasteiger partial charge in [0, 0.05) is 12.0 Å². The quantitative estimate of drug-likeness (QED) is 0.661. The average Bonchev–Trinajstić information content (AvgIpc) is 2.93. The van der Waals surface area contributed by atoms with Crippen LogP contribution in [0.15, 0.2) is 60.0 Å². The van der Waals surface area contributed by atoms with E-state index >= 15 is 0 Å². The van der Waals surface area contributed by atoms with E-state index in [9.17, 15) is 0 Å². The van der Waals surface area contributed by atoms with E-state index in [1.165, 1.54) is 21.2 Å². The highest BCUT2D eigenvalue weighted by Crippen LogP contribution is 2.30. The number of ether oxygens (including phenoxy) is 1. The molecule has 0 spiro atoms. The second kappa shape index (κ2) is 4.92. The standard InChI is InChI=1S/C16H14OS/c1-17-16(15-7-4-10-18-15)14-9-8-12-5-2-3-6-13(12)11-14/h2-11,16H,1H3. The van der Waals surface area contributed by atoms with Crippen LogP contribution < -0.4 is 0 Å². The Morgan fingerprint density at radius 3 is 2.50 bits per heavy atom. The van der Waals surface area contributed by atoms with E-state index in [1.807, 2.05) is 0 Å². The molecule has 1 aromatic heterocycles. The molecule has 3 aromatic rings. The topological polar surface area (TPSA) is 9.23 Å². The highest BCUT2D eigenvalue weighted by Gasteiger charge is 2.14. The fourth-order valence-electron chi connectivity index (χ4n) is 2.23. The zero-order valence-electron chi connectivity index (χ0n) is 10.2. The molecule has 3 rings (SSSR count). The summed E-state index contributed by atoms with van der Waals surface area (Å²) in [4.78, 5) is 1.24. The molecule has 0 amide bonds. The van der Waals surface area contributed by atoms with Crippen LogP contribution >= 0.6 is 11.3 Å². The number of rotatable bonds is 3. The van der Waals surface area contributed by atoms with Gasteiger partial charge >= 0.3 is 0 Å². The van der Waals surface area contributed by atoms with Crippen molar-refractivity contribution >= 4 is 22.1 Å². The van der Waals surface area contributed by atoms with E-state index in [1.54, 1.807) is 18.4 Å². The summed E-state index contributed by atoms with van der Waals surface area (Å²) in [7, 11) is 1.76. The number of benzene rings is 2. The van der Waals surface area contributed by atoms with Gasteiger partial charge in [-0.25, -0.2) is 0 Å². The summed E-state index contributed by atoms with van der Waals surface area (Å²) in [6.07, 6.45) is 0.0367. The number of fused-ring (bicyclic) bond motifs is 1. The van der Waals surface area contributed by atoms with Crippen molar-refractivity contribution in [3.05, 3.63) is 70.4 Å². The van der Waals surface area contributed by atoms with Crippen molar-refractivity contribution < 1.29 is 4.74 Å². The number of methoxy groups -OCH3 is 1. The van der Waals surface area contributed by atoms with Crippen LogP contribution in [0.3, 0.4) is 0 Å². The first-order valence-electron chi connectivity index (χ1n) is 5.93. The van der Waals surface area contributed by atoms with Gasteiger partial charge in [-0.1, -0.05) is 42.5 Å². The molecule has 0 aliphatic rings. The van der Waals surface area contributed by atoms with Crippen molar-refractivity contribution in [1.82, 2.24) is 0 Å². The van der Waals surface area contributed by atoms with Gasteiger partial charge in [-0.3, -0.25) is 0 Å². The fourth-order valence-corrected chi connectivity index (χ4v) is 3.06. The molecular weight excluding hydrogens is 240 g/mol. The number of hydrogen-bond donors (Lipinski definition) is 0. The molecule has 2 heteroatoms. The van der Waals surface area contributed by atoms with Gasteiger partial charge in [0.15, 0.2) is 0 Å². The van der Waals surface area contributed by atoms with Gasteiger partial charge in [0.25, 0.3) is 0 Å². The van der Waals surface area contributed by atoms with Crippen LogP contribution in [-0.4, -0.2) is 7.11 Å². The predicted octanol–water partition coefficient (Wildman–Crippen LogP) is 4.64. The van der Waals surface area contributed by atoms with Gasteiger partial charge in [-0.15, -0.1) is 11.3 Å². The van der Waals surface area contributed by atoms with Gasteiger partial charge in [0.05, 0.1) is 0 Å². The highest BCUT2D eigenvalue weighted by molar-refractivity contribution is 7.10. The molecule has 90 valence electrons. The molecule has 1 heterocycles. The summed E-state index contributed by atoms with van der Waals surface area (Å²) in [6.45, 7) is 0. The molecule has 18 heavy (non-hydrogen) atoms. The molecule has 0 fully saturated rings. The van der Waals surface area contributed by atoms with Crippen molar-refractivity contribution in [1.29, 1.82) is 0 Å². The smallest absolute Gasteiger partial charge is 0.116 e. The lowest BCUT2D eigenvalue weighted by atomic mass is 10.0. The highest BCUT2D eigenvalue weighted by atomic mass is 32.1. The van der Waals surface area contributed by atoms with Gasteiger partial charge in [0.2, 0.25) is 0 Å². The van der Waals surface area contributed by atoms with Gasteiger partial charge in [0.1, 0.15) is 6.10 Å². The predicted molar refractivity (Wildman–Crippen MR) is 77.1 cm³/mol. The molecule has 1 nitrogen and oxygen atoms in total.